The van der Waals surface area contributed by atoms with E-state index >= 15 is 4.39 Å². The molecule has 3 atom stereocenters. The summed E-state index contributed by atoms with van der Waals surface area (Å²) in [5.74, 6) is -0.0285. The third-order valence-corrected chi connectivity index (χ3v) is 8.59. The van der Waals surface area contributed by atoms with Crippen molar-refractivity contribution in [1.29, 1.82) is 0 Å². The first kappa shape index (κ1) is 27.2. The summed E-state index contributed by atoms with van der Waals surface area (Å²) < 4.78 is 32.6. The van der Waals surface area contributed by atoms with Crippen LogP contribution in [0.4, 0.5) is 4.39 Å². The van der Waals surface area contributed by atoms with E-state index in [1.165, 1.54) is 11.6 Å². The van der Waals surface area contributed by atoms with Crippen molar-refractivity contribution in [3.05, 3.63) is 82.7 Å². The second kappa shape index (κ2) is 10.3. The van der Waals surface area contributed by atoms with E-state index in [0.29, 0.717) is 17.9 Å². The van der Waals surface area contributed by atoms with Crippen molar-refractivity contribution in [3.8, 4) is 22.6 Å². The van der Waals surface area contributed by atoms with Crippen LogP contribution in [0.2, 0.25) is 0 Å². The summed E-state index contributed by atoms with van der Waals surface area (Å²) >= 11 is 0. The molecule has 0 saturated heterocycles. The highest BCUT2D eigenvalue weighted by Crippen LogP contribution is 2.57. The fraction of sp³-hybridized carbons (Fsp3) is 0.424. The Labute approximate surface area is 229 Å². The average Bonchev–Trinajstić information content (AvgIpc) is 3.27. The summed E-state index contributed by atoms with van der Waals surface area (Å²) in [6, 6.07) is 16.8. The lowest BCUT2D eigenvalue weighted by Crippen LogP contribution is -2.46. The number of hydrogen-bond acceptors (Lipinski definition) is 4. The minimum Gasteiger partial charge on any atom is -0.497 e. The number of hydrogen-bond donors (Lipinski definition) is 1. The van der Waals surface area contributed by atoms with Gasteiger partial charge in [-0.1, -0.05) is 39.0 Å². The van der Waals surface area contributed by atoms with E-state index in [2.05, 4.69) is 26.8 Å². The maximum atomic E-state index is 15.0. The topological polar surface area (TPSA) is 65.0 Å². The van der Waals surface area contributed by atoms with E-state index in [9.17, 15) is 9.90 Å². The van der Waals surface area contributed by atoms with Gasteiger partial charge in [0, 0.05) is 18.1 Å². The number of rotatable bonds is 8. The van der Waals surface area contributed by atoms with Gasteiger partial charge in [-0.15, -0.1) is 0 Å². The molecule has 3 aromatic rings. The van der Waals surface area contributed by atoms with Crippen molar-refractivity contribution in [2.75, 3.05) is 14.2 Å². The van der Waals surface area contributed by atoms with E-state index in [-0.39, 0.29) is 28.7 Å². The number of carboxylic acid groups (broad SMARTS) is 1. The van der Waals surface area contributed by atoms with Crippen molar-refractivity contribution >= 4 is 5.97 Å². The molecule has 1 saturated carbocycles. The minimum absolute atomic E-state index is 0.240. The largest absolute Gasteiger partial charge is 0.497 e. The number of aryl methyl sites for hydroxylation is 1. The lowest BCUT2D eigenvalue weighted by molar-refractivity contribution is -0.149. The maximum Gasteiger partial charge on any atom is 0.307 e. The molecule has 1 spiro atoms. The summed E-state index contributed by atoms with van der Waals surface area (Å²) in [4.78, 5) is 11.8. The van der Waals surface area contributed by atoms with Gasteiger partial charge in [0.25, 0.3) is 0 Å². The molecule has 0 radical (unpaired) electrons. The second-order valence-electron chi connectivity index (χ2n) is 11.9. The molecule has 2 aliphatic rings. The van der Waals surface area contributed by atoms with Crippen LogP contribution in [-0.4, -0.2) is 25.3 Å². The highest BCUT2D eigenvalue weighted by Gasteiger charge is 2.54. The average molecular weight is 533 g/mol. The molecule has 0 aliphatic heterocycles. The van der Waals surface area contributed by atoms with Gasteiger partial charge < -0.3 is 19.3 Å². The number of halogens is 1. The van der Waals surface area contributed by atoms with Crippen molar-refractivity contribution in [2.24, 2.45) is 11.3 Å². The molecule has 1 unspecified atom stereocenters. The first-order valence-electron chi connectivity index (χ1n) is 13.6. The number of benzene rings is 3. The van der Waals surface area contributed by atoms with Gasteiger partial charge in [0.15, 0.2) is 0 Å². The van der Waals surface area contributed by atoms with Gasteiger partial charge in [-0.3, -0.25) is 4.79 Å². The Bertz CT molecular complexity index is 1390. The number of methoxy groups -OCH3 is 2. The standard InChI is InChI=1S/C33H37FO5/c1-32(2,3)30(38-5)26-16-20(6-10-24(26)25-17-22(37-4)9-11-29(25)34)19-39-23-8-7-21-12-14-33(28(21)18-23)15-13-27(33)31(35)36/h6-11,16-18,27,30H,12-15,19H2,1-5H3,(H,35,36)/t27?,30-,33-/m1/s1. The van der Waals surface area contributed by atoms with E-state index < -0.39 is 5.97 Å². The zero-order valence-corrected chi connectivity index (χ0v) is 23.3. The molecule has 39 heavy (non-hydrogen) atoms. The molecule has 5 rings (SSSR count). The molecule has 1 fully saturated rings. The smallest absolute Gasteiger partial charge is 0.307 e. The van der Waals surface area contributed by atoms with Crippen LogP contribution < -0.4 is 9.47 Å². The van der Waals surface area contributed by atoms with Crippen LogP contribution in [0.25, 0.3) is 11.1 Å². The van der Waals surface area contributed by atoms with Crippen LogP contribution in [0.3, 0.4) is 0 Å². The van der Waals surface area contributed by atoms with Crippen molar-refractivity contribution < 1.29 is 28.5 Å². The molecule has 0 bridgehead atoms. The van der Waals surface area contributed by atoms with Gasteiger partial charge in [0.2, 0.25) is 0 Å². The summed E-state index contributed by atoms with van der Waals surface area (Å²) in [6.45, 7) is 6.62. The predicted molar refractivity (Wildman–Crippen MR) is 149 cm³/mol. The zero-order chi connectivity index (χ0) is 27.9. The maximum absolute atomic E-state index is 15.0. The molecule has 2 aliphatic carbocycles. The Balaban J connectivity index is 1.46. The monoisotopic (exact) mass is 532 g/mol. The normalized spacial score (nSPS) is 20.8. The molecule has 1 N–H and O–H groups in total. The number of fused-ring (bicyclic) bond motifs is 2. The van der Waals surface area contributed by atoms with Gasteiger partial charge in [-0.2, -0.15) is 0 Å². The van der Waals surface area contributed by atoms with Crippen molar-refractivity contribution in [3.63, 3.8) is 0 Å². The molecule has 0 aromatic heterocycles. The van der Waals surface area contributed by atoms with Crippen LogP contribution in [0.1, 0.15) is 68.4 Å². The number of carbonyl (C=O) groups is 1. The van der Waals surface area contributed by atoms with E-state index in [1.807, 2.05) is 30.3 Å². The highest BCUT2D eigenvalue weighted by atomic mass is 19.1. The Morgan fingerprint density at radius 1 is 1.03 bits per heavy atom. The van der Waals surface area contributed by atoms with Crippen molar-refractivity contribution in [1.82, 2.24) is 0 Å². The molecule has 0 amide bonds. The summed E-state index contributed by atoms with van der Waals surface area (Å²) in [5, 5.41) is 9.73. The van der Waals surface area contributed by atoms with Crippen LogP contribution >= 0.6 is 0 Å². The summed E-state index contributed by atoms with van der Waals surface area (Å²) in [6.07, 6.45) is 3.16. The SMILES string of the molecule is COc1ccc(F)c(-c2ccc(COc3ccc4c(c3)[C@]3(CC4)CCC3C(=O)O)cc2[C@@H](OC)C(C)(C)C)c1. The van der Waals surface area contributed by atoms with E-state index in [1.54, 1.807) is 26.4 Å². The van der Waals surface area contributed by atoms with Crippen molar-refractivity contribution in [2.45, 2.75) is 64.6 Å². The quantitative estimate of drug-likeness (QED) is 0.326. The van der Waals surface area contributed by atoms with E-state index in [0.717, 1.165) is 53.7 Å². The molecular formula is C33H37FO5. The van der Waals surface area contributed by atoms with Gasteiger partial charge in [0.1, 0.15) is 23.9 Å². The molecule has 6 heteroatoms. The van der Waals surface area contributed by atoms with Gasteiger partial charge >= 0.3 is 5.97 Å². The van der Waals surface area contributed by atoms with Gasteiger partial charge in [0.05, 0.1) is 19.1 Å². The third-order valence-electron chi connectivity index (χ3n) is 8.59. The highest BCUT2D eigenvalue weighted by molar-refractivity contribution is 5.75. The fourth-order valence-electron chi connectivity index (χ4n) is 6.55. The van der Waals surface area contributed by atoms with Gasteiger partial charge in [-0.25, -0.2) is 4.39 Å². The Morgan fingerprint density at radius 3 is 2.44 bits per heavy atom. The molecule has 0 heterocycles. The molecule has 206 valence electrons. The van der Waals surface area contributed by atoms with E-state index in [4.69, 9.17) is 14.2 Å². The predicted octanol–water partition coefficient (Wildman–Crippen LogP) is 7.49. The Morgan fingerprint density at radius 2 is 1.79 bits per heavy atom. The first-order valence-corrected chi connectivity index (χ1v) is 13.6. The van der Waals surface area contributed by atoms with Crippen LogP contribution in [0.5, 0.6) is 11.5 Å². The van der Waals surface area contributed by atoms with Crippen LogP contribution in [0, 0.1) is 17.2 Å². The number of aliphatic carboxylic acids is 1. The van der Waals surface area contributed by atoms with Crippen LogP contribution in [0.15, 0.2) is 54.6 Å². The molecule has 3 aromatic carbocycles. The second-order valence-corrected chi connectivity index (χ2v) is 11.9. The lowest BCUT2D eigenvalue weighted by Gasteiger charge is -2.45. The minimum atomic E-state index is -0.702. The molecular weight excluding hydrogens is 495 g/mol. The third kappa shape index (κ3) is 4.91. The fourth-order valence-corrected chi connectivity index (χ4v) is 6.55. The number of carboxylic acids is 1. The van der Waals surface area contributed by atoms with Gasteiger partial charge in [-0.05, 0) is 95.3 Å². The van der Waals surface area contributed by atoms with Crippen LogP contribution in [-0.2, 0) is 28.0 Å². The molecule has 5 nitrogen and oxygen atoms in total. The Hall–Kier alpha value is -3.38. The zero-order valence-electron chi connectivity index (χ0n) is 23.3. The summed E-state index contributed by atoms with van der Waals surface area (Å²) in [7, 11) is 3.25. The Kier molecular flexibility index (Phi) is 7.19. The first-order chi connectivity index (χ1) is 18.6. The number of ether oxygens (including phenoxy) is 3. The summed E-state index contributed by atoms with van der Waals surface area (Å²) in [5.41, 5.74) is 4.89. The lowest BCUT2D eigenvalue weighted by atomic mass is 9.57.